The molecule has 0 bridgehead atoms. The third-order valence-electron chi connectivity index (χ3n) is 18.2. The van der Waals surface area contributed by atoms with Gasteiger partial charge in [-0.1, -0.05) is 0 Å². The van der Waals surface area contributed by atoms with Crippen molar-refractivity contribution in [3.63, 3.8) is 0 Å². The van der Waals surface area contributed by atoms with E-state index < -0.39 is 317 Å². The molecule has 0 aromatic carbocycles. The average molecular weight is 2740 g/mol. The van der Waals surface area contributed by atoms with Crippen molar-refractivity contribution < 1.29 is 152 Å². The van der Waals surface area contributed by atoms with Crippen LogP contribution in [-0.2, 0) is 152 Å². The molecule has 1 aliphatic heterocycles. The number of hydrogen-bond acceptors (Lipinski definition) is 37. The molecular formula is C74H222O37Si37. The second kappa shape index (κ2) is 50.7. The first-order chi connectivity index (χ1) is 63.2. The second-order valence-corrected chi connectivity index (χ2v) is 189. The van der Waals surface area contributed by atoms with Crippen molar-refractivity contribution >= 4 is 317 Å². The van der Waals surface area contributed by atoms with Crippen molar-refractivity contribution in [1.29, 1.82) is 0 Å². The van der Waals surface area contributed by atoms with Crippen molar-refractivity contribution in [2.75, 3.05) is 0 Å². The summed E-state index contributed by atoms with van der Waals surface area (Å²) in [5.74, 6) is 0. The molecule has 0 spiro atoms. The lowest BCUT2D eigenvalue weighted by Crippen LogP contribution is -2.63. The van der Waals surface area contributed by atoms with E-state index in [4.69, 9.17) is 152 Å². The second-order valence-electron chi connectivity index (χ2n) is 55.6. The Morgan fingerprint density at radius 3 is 0.0676 bits per heavy atom. The zero-order chi connectivity index (χ0) is 119. The van der Waals surface area contributed by atoms with Gasteiger partial charge in [0.25, 0.3) is 0 Å². The molecule has 1 heterocycles. The fourth-order valence-electron chi connectivity index (χ4n) is 22.7. The summed E-state index contributed by atoms with van der Waals surface area (Å²) in [7, 11) is -110. The Labute approximate surface area is 944 Å². The summed E-state index contributed by atoms with van der Waals surface area (Å²) in [5.41, 5.74) is 0. The van der Waals surface area contributed by atoms with Crippen LogP contribution in [0.3, 0.4) is 0 Å². The highest BCUT2D eigenvalue weighted by molar-refractivity contribution is 7.01. The maximum atomic E-state index is 7.06. The molecule has 148 heavy (non-hydrogen) atoms. The summed E-state index contributed by atoms with van der Waals surface area (Å²) >= 11 is 0. The monoisotopic (exact) mass is 2740 g/mol. The smallest absolute Gasteiger partial charge is 0.314 e. The van der Waals surface area contributed by atoms with Gasteiger partial charge in [0.05, 0.1) is 0 Å². The Morgan fingerprint density at radius 2 is 0.0541 bits per heavy atom. The Kier molecular flexibility index (Phi) is 52.2. The molecule has 0 N–H and O–H groups in total. The normalized spacial score (nSPS) is 31.5. The van der Waals surface area contributed by atoms with Gasteiger partial charge in [0.1, 0.15) is 0 Å². The summed E-state index contributed by atoms with van der Waals surface area (Å²) in [6.07, 6.45) is 0. The summed E-state index contributed by atoms with van der Waals surface area (Å²) in [5, 5.41) is 0. The van der Waals surface area contributed by atoms with E-state index in [0.717, 1.165) is 0 Å². The molecule has 0 radical (unpaired) electrons. The largest absolute Gasteiger partial charge is 0.416 e. The van der Waals surface area contributed by atoms with E-state index in [1.807, 2.05) is 0 Å². The number of rotatable bonds is 0. The van der Waals surface area contributed by atoms with E-state index in [0.29, 0.717) is 0 Å². The minimum absolute atomic E-state index is 2.05. The molecular weight excluding hydrogens is 2520 g/mol. The molecule has 0 saturated carbocycles. The molecule has 888 valence electrons. The zero-order valence-corrected chi connectivity index (χ0v) is 145. The molecule has 0 aromatic rings. The van der Waals surface area contributed by atoms with Crippen LogP contribution in [0.1, 0.15) is 0 Å². The Balaban J connectivity index is 3.85. The molecule has 0 amide bonds. The minimum atomic E-state index is -2.97. The van der Waals surface area contributed by atoms with Crippen LogP contribution in [-0.4, -0.2) is 317 Å². The summed E-state index contributed by atoms with van der Waals surface area (Å²) in [4.78, 5) is 0. The predicted octanol–water partition coefficient (Wildman–Crippen LogP) is 26.6. The fraction of sp³-hybridized carbons (Fsp3) is 1.00. The molecule has 74 heteroatoms. The predicted molar refractivity (Wildman–Crippen MR) is 687 cm³/mol. The van der Waals surface area contributed by atoms with Gasteiger partial charge >= 0.3 is 317 Å². The summed E-state index contributed by atoms with van der Waals surface area (Å²) in [6.45, 7) is 152. The number of hydrogen-bond donors (Lipinski definition) is 0. The molecule has 1 aliphatic rings. The molecule has 1 saturated heterocycles. The van der Waals surface area contributed by atoms with Crippen LogP contribution >= 0.6 is 0 Å². The Morgan fingerprint density at radius 1 is 0.0405 bits per heavy atom. The molecule has 0 aliphatic carbocycles. The lowest BCUT2D eigenvalue weighted by Gasteiger charge is -2.45. The van der Waals surface area contributed by atoms with Gasteiger partial charge in [-0.2, -0.15) is 0 Å². The first-order valence-electron chi connectivity index (χ1n) is 52.1. The summed E-state index contributed by atoms with van der Waals surface area (Å²) < 4.78 is 261. The third-order valence-corrected chi connectivity index (χ3v) is 164. The first-order valence-corrected chi connectivity index (χ1v) is 156. The maximum Gasteiger partial charge on any atom is 0.314 e. The van der Waals surface area contributed by atoms with Crippen molar-refractivity contribution in [1.82, 2.24) is 0 Å². The Bertz CT molecular complexity index is 2730. The van der Waals surface area contributed by atoms with Crippen molar-refractivity contribution in [3.05, 3.63) is 0 Å². The van der Waals surface area contributed by atoms with Gasteiger partial charge in [0, 0.05) is 0 Å². The standard InChI is InChI=1S/C74H222O37Si37/c1-112(2)75-113(3,4)77-115(7,8)79-117(11,12)81-119(15,16)83-121(19,20)85-123(23,24)87-125(27,28)89-127(31,32)91-129(35,36)93-131(39,40)95-133(43,44)97-135(47,48)99-137(51,52)101-139(55,56)103-141(59,60)105-143(63,64)107-145(67,68)109-147(71,72)111-148(73,74)110-146(69,70)108-144(65,66)106-142(61,62)104-140(57,58)102-138(53,54)100-136(49,50)98-134(45,46)96-132(41,42)94-130(37,38)92-128(33,34)90-126(29,30)88-124(25,26)86-122(21,22)84-120(17,18)82-118(13,14)80-116(9,10)78-114(5,6)76-112/h1-74H3. The molecule has 0 atom stereocenters. The van der Waals surface area contributed by atoms with E-state index in [1.165, 1.54) is 0 Å². The van der Waals surface area contributed by atoms with Crippen LogP contribution in [0.2, 0.25) is 484 Å². The van der Waals surface area contributed by atoms with E-state index >= 15 is 0 Å². The van der Waals surface area contributed by atoms with Crippen molar-refractivity contribution in [3.8, 4) is 0 Å². The third kappa shape index (κ3) is 67.1. The van der Waals surface area contributed by atoms with Crippen LogP contribution in [0.15, 0.2) is 0 Å². The van der Waals surface area contributed by atoms with E-state index in [9.17, 15) is 0 Å². The lowest BCUT2D eigenvalue weighted by molar-refractivity contribution is 0.240. The van der Waals surface area contributed by atoms with E-state index in [-0.39, 0.29) is 0 Å². The van der Waals surface area contributed by atoms with Gasteiger partial charge < -0.3 is 152 Å². The van der Waals surface area contributed by atoms with Gasteiger partial charge in [-0.25, -0.2) is 0 Å². The van der Waals surface area contributed by atoms with Crippen LogP contribution in [0.4, 0.5) is 0 Å². The highest BCUT2D eigenvalue weighted by Crippen LogP contribution is 2.42. The minimum Gasteiger partial charge on any atom is -0.416 e. The molecule has 0 aromatic heterocycles. The van der Waals surface area contributed by atoms with E-state index in [2.05, 4.69) is 484 Å². The van der Waals surface area contributed by atoms with Gasteiger partial charge in [-0.3, -0.25) is 0 Å². The fourth-order valence-corrected chi connectivity index (χ4v) is 218. The van der Waals surface area contributed by atoms with Gasteiger partial charge in [0.15, 0.2) is 0 Å². The van der Waals surface area contributed by atoms with E-state index in [1.54, 1.807) is 0 Å². The molecule has 0 unspecified atom stereocenters. The maximum absolute atomic E-state index is 7.06. The molecule has 37 nitrogen and oxygen atoms in total. The highest BCUT2D eigenvalue weighted by atomic mass is 28.6. The highest BCUT2D eigenvalue weighted by Gasteiger charge is 2.61. The van der Waals surface area contributed by atoms with Crippen molar-refractivity contribution in [2.24, 2.45) is 0 Å². The SMILES string of the molecule is C[Si]1(C)O[Si](C)(C)O[Si](C)(C)O[Si](C)(C)O[Si](C)(C)O[Si](C)(C)O[Si](C)(C)O[Si](C)(C)O[Si](C)(C)O[Si](C)(C)O[Si](C)(C)O[Si](C)(C)O[Si](C)(C)O[Si](C)(C)O[Si](C)(C)O[Si](C)(C)O[Si](C)(C)O[Si](C)(C)O[Si](C)(C)O[Si](C)(C)O[Si](C)(C)O[Si](C)(C)O[Si](C)(C)O[Si](C)(C)O[Si](C)(C)O[Si](C)(C)O[Si](C)(C)O[Si](C)(C)O[Si](C)(C)O[Si](C)(C)O[Si](C)(C)O[Si](C)(C)O[Si](C)(C)O[Si](C)(C)O[Si](C)(C)O[Si](C)(C)O[Si](C)(C)O1. The summed E-state index contributed by atoms with van der Waals surface area (Å²) in [6, 6.07) is 0. The van der Waals surface area contributed by atoms with Gasteiger partial charge in [-0.15, -0.1) is 0 Å². The van der Waals surface area contributed by atoms with Crippen LogP contribution in [0, 0.1) is 0 Å². The van der Waals surface area contributed by atoms with Gasteiger partial charge in [0.2, 0.25) is 0 Å². The molecule has 1 fully saturated rings. The van der Waals surface area contributed by atoms with Crippen LogP contribution in [0.5, 0.6) is 0 Å². The van der Waals surface area contributed by atoms with Crippen LogP contribution in [0.25, 0.3) is 0 Å². The van der Waals surface area contributed by atoms with Crippen molar-refractivity contribution in [2.45, 2.75) is 484 Å². The topological polar surface area (TPSA) is 342 Å². The first kappa shape index (κ1) is 153. The quantitative estimate of drug-likeness (QED) is 0.203. The molecule has 1 rings (SSSR count). The Hall–Kier alpha value is 6.54. The average Bonchev–Trinajstić information content (AvgIpc) is 0.796. The van der Waals surface area contributed by atoms with Gasteiger partial charge in [-0.05, 0) is 484 Å². The van der Waals surface area contributed by atoms with Crippen LogP contribution < -0.4 is 0 Å². The lowest BCUT2D eigenvalue weighted by atomic mass is 11.9. The zero-order valence-electron chi connectivity index (χ0n) is 108.